The Morgan fingerprint density at radius 3 is 2.59 bits per heavy atom. The van der Waals surface area contributed by atoms with E-state index in [1.54, 1.807) is 11.0 Å². The van der Waals surface area contributed by atoms with Gasteiger partial charge in [-0.15, -0.1) is 0 Å². The Morgan fingerprint density at radius 1 is 1.22 bits per heavy atom. The third-order valence-corrected chi connectivity index (χ3v) is 5.07. The first-order chi connectivity index (χ1) is 13.1. The Labute approximate surface area is 172 Å². The zero-order valence-electron chi connectivity index (χ0n) is 14.6. The van der Waals surface area contributed by atoms with Crippen LogP contribution in [0.25, 0.3) is 6.08 Å². The second-order valence-electron chi connectivity index (χ2n) is 6.27. The molecular weight excluding hydrogens is 428 g/mol. The van der Waals surface area contributed by atoms with Gasteiger partial charge < -0.3 is 9.64 Å². The molecule has 0 radical (unpaired) electrons. The minimum Gasteiger partial charge on any atom is -0.488 e. The van der Waals surface area contributed by atoms with E-state index in [9.17, 15) is 10.1 Å². The topological polar surface area (TPSA) is 53.3 Å². The summed E-state index contributed by atoms with van der Waals surface area (Å²) in [5.41, 5.74) is 1.78. The average molecular weight is 446 g/mol. The number of carbonyl (C=O) groups excluding carboxylic acids is 1. The van der Waals surface area contributed by atoms with Crippen molar-refractivity contribution in [1.82, 2.24) is 4.90 Å². The number of nitrogens with zero attached hydrogens (tertiary/aromatic N) is 2. The quantitative estimate of drug-likeness (QED) is 0.469. The van der Waals surface area contributed by atoms with Gasteiger partial charge in [-0.25, -0.2) is 0 Å². The molecule has 0 spiro atoms. The third-order valence-electron chi connectivity index (χ3n) is 4.32. The fourth-order valence-electron chi connectivity index (χ4n) is 2.89. The summed E-state index contributed by atoms with van der Waals surface area (Å²) in [6, 6.07) is 15.0. The van der Waals surface area contributed by atoms with Gasteiger partial charge in [0.05, 0.1) is 0 Å². The van der Waals surface area contributed by atoms with Crippen molar-refractivity contribution in [3.8, 4) is 11.8 Å². The van der Waals surface area contributed by atoms with Gasteiger partial charge in [-0.2, -0.15) is 5.26 Å². The lowest BCUT2D eigenvalue weighted by Gasteiger charge is -2.15. The van der Waals surface area contributed by atoms with E-state index in [4.69, 9.17) is 16.3 Å². The molecule has 0 unspecified atom stereocenters. The van der Waals surface area contributed by atoms with Crippen LogP contribution in [0.4, 0.5) is 0 Å². The van der Waals surface area contributed by atoms with Gasteiger partial charge >= 0.3 is 0 Å². The van der Waals surface area contributed by atoms with E-state index >= 15 is 0 Å². The molecule has 1 amide bonds. The Bertz CT molecular complexity index is 897. The van der Waals surface area contributed by atoms with E-state index in [0.29, 0.717) is 36.0 Å². The van der Waals surface area contributed by atoms with Gasteiger partial charge in [0.15, 0.2) is 0 Å². The van der Waals surface area contributed by atoms with Crippen molar-refractivity contribution in [3.63, 3.8) is 0 Å². The fourth-order valence-corrected chi connectivity index (χ4v) is 3.40. The van der Waals surface area contributed by atoms with Crippen molar-refractivity contribution in [2.24, 2.45) is 0 Å². The second-order valence-corrected chi connectivity index (χ2v) is 7.62. The fraction of sp³-hybridized carbons (Fsp3) is 0.238. The Hall–Kier alpha value is -2.29. The second kappa shape index (κ2) is 9.07. The Morgan fingerprint density at radius 2 is 1.93 bits per heavy atom. The van der Waals surface area contributed by atoms with E-state index in [1.165, 1.54) is 0 Å². The molecule has 1 aliphatic rings. The maximum atomic E-state index is 12.6. The van der Waals surface area contributed by atoms with E-state index < -0.39 is 0 Å². The molecule has 0 aliphatic carbocycles. The highest BCUT2D eigenvalue weighted by Gasteiger charge is 2.21. The number of carbonyl (C=O) groups is 1. The molecule has 0 atom stereocenters. The number of hydrogen-bond donors (Lipinski definition) is 0. The van der Waals surface area contributed by atoms with Gasteiger partial charge in [-0.1, -0.05) is 39.7 Å². The minimum absolute atomic E-state index is 0.117. The molecule has 0 saturated carbocycles. The van der Waals surface area contributed by atoms with Crippen molar-refractivity contribution in [2.45, 2.75) is 19.4 Å². The lowest BCUT2D eigenvalue weighted by Crippen LogP contribution is -2.28. The van der Waals surface area contributed by atoms with Crippen LogP contribution in [0.1, 0.15) is 24.0 Å². The highest BCUT2D eigenvalue weighted by atomic mass is 79.9. The van der Waals surface area contributed by atoms with Gasteiger partial charge in [0.1, 0.15) is 24.0 Å². The smallest absolute Gasteiger partial charge is 0.264 e. The molecule has 0 N–H and O–H groups in total. The molecule has 27 heavy (non-hydrogen) atoms. The summed E-state index contributed by atoms with van der Waals surface area (Å²) in [6.45, 7) is 1.77. The van der Waals surface area contributed by atoms with E-state index in [-0.39, 0.29) is 11.5 Å². The standard InChI is InChI=1S/C21H18BrClN2O2/c22-18-5-8-20(27-14-15-3-6-19(23)7-4-15)16(12-18)11-17(13-24)21(26)25-9-1-2-10-25/h3-8,11-12H,1-2,9-10,14H2/b17-11+. The number of likely N-dealkylation sites (tertiary alicyclic amines) is 1. The molecule has 4 nitrogen and oxygen atoms in total. The van der Waals surface area contributed by atoms with E-state index in [2.05, 4.69) is 15.9 Å². The van der Waals surface area contributed by atoms with Crippen LogP contribution >= 0.6 is 27.5 Å². The predicted molar refractivity (Wildman–Crippen MR) is 109 cm³/mol. The molecule has 1 heterocycles. The number of rotatable bonds is 5. The van der Waals surface area contributed by atoms with Crippen LogP contribution in [0.3, 0.4) is 0 Å². The number of amides is 1. The van der Waals surface area contributed by atoms with Crippen molar-refractivity contribution < 1.29 is 9.53 Å². The summed E-state index contributed by atoms with van der Waals surface area (Å²) < 4.78 is 6.77. The first-order valence-electron chi connectivity index (χ1n) is 8.64. The minimum atomic E-state index is -0.223. The van der Waals surface area contributed by atoms with E-state index in [0.717, 1.165) is 22.9 Å². The molecule has 0 bridgehead atoms. The van der Waals surface area contributed by atoms with Crippen molar-refractivity contribution in [3.05, 3.63) is 68.7 Å². The molecule has 6 heteroatoms. The molecule has 3 rings (SSSR count). The zero-order valence-corrected chi connectivity index (χ0v) is 17.0. The number of benzene rings is 2. The largest absolute Gasteiger partial charge is 0.488 e. The Balaban J connectivity index is 1.83. The van der Waals surface area contributed by atoms with Gasteiger partial charge in [0.2, 0.25) is 0 Å². The number of halogens is 2. The summed E-state index contributed by atoms with van der Waals surface area (Å²) in [4.78, 5) is 14.3. The summed E-state index contributed by atoms with van der Waals surface area (Å²) in [7, 11) is 0. The highest BCUT2D eigenvalue weighted by molar-refractivity contribution is 9.10. The number of ether oxygens (including phenoxy) is 1. The van der Waals surface area contributed by atoms with Crippen LogP contribution in [-0.2, 0) is 11.4 Å². The molecule has 0 aromatic heterocycles. The molecule has 1 saturated heterocycles. The third kappa shape index (κ3) is 5.12. The first-order valence-corrected chi connectivity index (χ1v) is 9.82. The molecular formula is C21H18BrClN2O2. The molecule has 2 aromatic carbocycles. The van der Waals surface area contributed by atoms with Gasteiger partial charge in [-0.3, -0.25) is 4.79 Å². The summed E-state index contributed by atoms with van der Waals surface area (Å²) in [6.07, 6.45) is 3.57. The summed E-state index contributed by atoms with van der Waals surface area (Å²) in [5.74, 6) is 0.383. The molecule has 138 valence electrons. The normalized spacial score (nSPS) is 14.1. The van der Waals surface area contributed by atoms with Crippen LogP contribution in [-0.4, -0.2) is 23.9 Å². The van der Waals surface area contributed by atoms with Crippen LogP contribution in [0.15, 0.2) is 52.5 Å². The van der Waals surface area contributed by atoms with Gasteiger partial charge in [0, 0.05) is 28.1 Å². The monoisotopic (exact) mass is 444 g/mol. The summed E-state index contributed by atoms with van der Waals surface area (Å²) in [5, 5.41) is 10.2. The number of nitriles is 1. The number of hydrogen-bond acceptors (Lipinski definition) is 3. The highest BCUT2D eigenvalue weighted by Crippen LogP contribution is 2.27. The predicted octanol–water partition coefficient (Wildman–Crippen LogP) is 5.21. The molecule has 2 aromatic rings. The van der Waals surface area contributed by atoms with Gasteiger partial charge in [-0.05, 0) is 54.8 Å². The lowest BCUT2D eigenvalue weighted by molar-refractivity contribution is -0.125. The van der Waals surface area contributed by atoms with Crippen molar-refractivity contribution >= 4 is 39.5 Å². The van der Waals surface area contributed by atoms with Crippen molar-refractivity contribution in [2.75, 3.05) is 13.1 Å². The lowest BCUT2D eigenvalue weighted by atomic mass is 10.1. The van der Waals surface area contributed by atoms with Crippen molar-refractivity contribution in [1.29, 1.82) is 5.26 Å². The average Bonchev–Trinajstić information content (AvgIpc) is 3.21. The Kier molecular flexibility index (Phi) is 6.54. The van der Waals surface area contributed by atoms with Crippen LogP contribution in [0.2, 0.25) is 5.02 Å². The van der Waals surface area contributed by atoms with Crippen LogP contribution in [0, 0.1) is 11.3 Å². The molecule has 1 aliphatic heterocycles. The van der Waals surface area contributed by atoms with E-state index in [1.807, 2.05) is 48.5 Å². The molecule has 1 fully saturated rings. The first kappa shape index (κ1) is 19.5. The zero-order chi connectivity index (χ0) is 19.2. The maximum Gasteiger partial charge on any atom is 0.264 e. The van der Waals surface area contributed by atoms with Crippen LogP contribution < -0.4 is 4.74 Å². The summed E-state index contributed by atoms with van der Waals surface area (Å²) >= 11 is 9.35. The van der Waals surface area contributed by atoms with Crippen LogP contribution in [0.5, 0.6) is 5.75 Å². The SMILES string of the molecule is N#C/C(=C\c1cc(Br)ccc1OCc1ccc(Cl)cc1)C(=O)N1CCCC1. The maximum absolute atomic E-state index is 12.6. The van der Waals surface area contributed by atoms with Gasteiger partial charge in [0.25, 0.3) is 5.91 Å².